The number of ether oxygens (including phenoxy) is 2. The van der Waals surface area contributed by atoms with Crippen LogP contribution in [0.1, 0.15) is 23.7 Å². The molecule has 0 aliphatic carbocycles. The van der Waals surface area contributed by atoms with E-state index < -0.39 is 11.8 Å². The Balaban J connectivity index is 1.52. The first-order valence-electron chi connectivity index (χ1n) is 9.20. The van der Waals surface area contributed by atoms with Gasteiger partial charge in [0, 0.05) is 10.9 Å². The lowest BCUT2D eigenvalue weighted by Gasteiger charge is -2.11. The number of nitrogens with one attached hydrogen (secondary N) is 2. The summed E-state index contributed by atoms with van der Waals surface area (Å²) in [5, 5.41) is 1.94. The van der Waals surface area contributed by atoms with Crippen molar-refractivity contribution in [2.24, 2.45) is 0 Å². The van der Waals surface area contributed by atoms with Crippen molar-refractivity contribution in [2.45, 2.75) is 13.3 Å². The average Bonchev–Trinajstić information content (AvgIpc) is 2.75. The Morgan fingerprint density at radius 2 is 1.72 bits per heavy atom. The number of amides is 2. The highest BCUT2D eigenvalue weighted by molar-refractivity contribution is 9.10. The van der Waals surface area contributed by atoms with Crippen molar-refractivity contribution in [3.63, 3.8) is 0 Å². The molecular weight excluding hydrogens is 436 g/mol. The van der Waals surface area contributed by atoms with E-state index in [1.54, 1.807) is 24.3 Å². The van der Waals surface area contributed by atoms with Crippen LogP contribution >= 0.6 is 15.9 Å². The fourth-order valence-corrected chi connectivity index (χ4v) is 3.16. The minimum atomic E-state index is -0.465. The van der Waals surface area contributed by atoms with Gasteiger partial charge >= 0.3 is 0 Å². The van der Waals surface area contributed by atoms with Gasteiger partial charge in [0.2, 0.25) is 0 Å². The molecule has 150 valence electrons. The molecule has 0 spiro atoms. The van der Waals surface area contributed by atoms with Crippen LogP contribution in [0.2, 0.25) is 0 Å². The molecule has 7 heteroatoms. The van der Waals surface area contributed by atoms with Gasteiger partial charge in [-0.1, -0.05) is 43.3 Å². The summed E-state index contributed by atoms with van der Waals surface area (Å²) in [7, 11) is 0. The largest absolute Gasteiger partial charge is 0.492 e. The summed E-state index contributed by atoms with van der Waals surface area (Å²) < 4.78 is 11.8. The van der Waals surface area contributed by atoms with Crippen LogP contribution in [0.4, 0.5) is 0 Å². The van der Waals surface area contributed by atoms with E-state index in [2.05, 4.69) is 26.8 Å². The molecule has 0 saturated heterocycles. The maximum atomic E-state index is 12.2. The molecule has 0 bridgehead atoms. The number of fused-ring (bicyclic) bond motifs is 1. The quantitative estimate of drug-likeness (QED) is 0.521. The van der Waals surface area contributed by atoms with Crippen LogP contribution in [0.5, 0.6) is 11.5 Å². The van der Waals surface area contributed by atoms with Gasteiger partial charge in [-0.15, -0.1) is 0 Å². The standard InChI is InChI=1S/C22H21BrN2O4/c1-2-12-28-20-11-10-16(13-18(20)23)22(27)25-24-21(26)14-29-19-9-5-7-15-6-3-4-8-17(15)19/h3-11,13H,2,12,14H2,1H3,(H,24,26)(H,25,27). The van der Waals surface area contributed by atoms with Crippen molar-refractivity contribution >= 4 is 38.5 Å². The molecule has 29 heavy (non-hydrogen) atoms. The van der Waals surface area contributed by atoms with E-state index in [-0.39, 0.29) is 6.61 Å². The molecule has 0 heterocycles. The van der Waals surface area contributed by atoms with Gasteiger partial charge < -0.3 is 9.47 Å². The van der Waals surface area contributed by atoms with Crippen LogP contribution in [-0.4, -0.2) is 25.0 Å². The van der Waals surface area contributed by atoms with E-state index in [4.69, 9.17) is 9.47 Å². The van der Waals surface area contributed by atoms with Gasteiger partial charge in [0.1, 0.15) is 11.5 Å². The predicted molar refractivity (Wildman–Crippen MR) is 115 cm³/mol. The van der Waals surface area contributed by atoms with Crippen molar-refractivity contribution in [1.82, 2.24) is 10.9 Å². The topological polar surface area (TPSA) is 76.7 Å². The van der Waals surface area contributed by atoms with Crippen molar-refractivity contribution in [1.29, 1.82) is 0 Å². The van der Waals surface area contributed by atoms with E-state index in [9.17, 15) is 9.59 Å². The minimum Gasteiger partial charge on any atom is -0.492 e. The second-order valence-corrected chi connectivity index (χ2v) is 7.12. The van der Waals surface area contributed by atoms with Crippen LogP contribution < -0.4 is 20.3 Å². The first kappa shape index (κ1) is 20.7. The fourth-order valence-electron chi connectivity index (χ4n) is 2.67. The monoisotopic (exact) mass is 456 g/mol. The highest BCUT2D eigenvalue weighted by Gasteiger charge is 2.11. The van der Waals surface area contributed by atoms with Crippen LogP contribution in [0.3, 0.4) is 0 Å². The van der Waals surface area contributed by atoms with Crippen molar-refractivity contribution in [3.8, 4) is 11.5 Å². The normalized spacial score (nSPS) is 10.4. The van der Waals surface area contributed by atoms with E-state index in [0.717, 1.165) is 17.2 Å². The molecule has 3 aromatic rings. The Morgan fingerprint density at radius 1 is 0.931 bits per heavy atom. The fraction of sp³-hybridized carbons (Fsp3) is 0.182. The van der Waals surface area contributed by atoms with Crippen LogP contribution in [-0.2, 0) is 4.79 Å². The Hall–Kier alpha value is -3.06. The smallest absolute Gasteiger partial charge is 0.276 e. The second kappa shape index (κ2) is 9.93. The minimum absolute atomic E-state index is 0.220. The molecule has 6 nitrogen and oxygen atoms in total. The number of benzene rings is 3. The number of halogens is 1. The summed E-state index contributed by atoms with van der Waals surface area (Å²) in [5.41, 5.74) is 5.12. The van der Waals surface area contributed by atoms with Gasteiger partial charge in [0.15, 0.2) is 6.61 Å². The van der Waals surface area contributed by atoms with Gasteiger partial charge in [-0.2, -0.15) is 0 Å². The van der Waals surface area contributed by atoms with E-state index >= 15 is 0 Å². The summed E-state index contributed by atoms with van der Waals surface area (Å²) in [5.74, 6) is 0.367. The van der Waals surface area contributed by atoms with Crippen molar-refractivity contribution in [2.75, 3.05) is 13.2 Å². The summed E-state index contributed by atoms with van der Waals surface area (Å²) in [6.07, 6.45) is 0.890. The maximum absolute atomic E-state index is 12.2. The zero-order valence-corrected chi connectivity index (χ0v) is 17.5. The Kier molecular flexibility index (Phi) is 7.08. The number of hydrogen-bond acceptors (Lipinski definition) is 4. The number of rotatable bonds is 7. The molecule has 3 rings (SSSR count). The zero-order chi connectivity index (χ0) is 20.6. The molecule has 0 unspecified atom stereocenters. The molecule has 0 atom stereocenters. The van der Waals surface area contributed by atoms with Gasteiger partial charge in [-0.05, 0) is 52.0 Å². The SMILES string of the molecule is CCCOc1ccc(C(=O)NNC(=O)COc2cccc3ccccc23)cc1Br. The Labute approximate surface area is 177 Å². The second-order valence-electron chi connectivity index (χ2n) is 6.26. The molecule has 0 fully saturated rings. The lowest BCUT2D eigenvalue weighted by molar-refractivity contribution is -0.123. The third kappa shape index (κ3) is 5.48. The van der Waals surface area contributed by atoms with Crippen molar-refractivity contribution < 1.29 is 19.1 Å². The molecule has 0 aliphatic rings. The molecule has 2 N–H and O–H groups in total. The Bertz CT molecular complexity index is 1020. The predicted octanol–water partition coefficient (Wildman–Crippen LogP) is 4.23. The first-order valence-corrected chi connectivity index (χ1v) is 10.00. The van der Waals surface area contributed by atoms with E-state index in [0.29, 0.717) is 28.1 Å². The summed E-state index contributed by atoms with van der Waals surface area (Å²) >= 11 is 3.38. The highest BCUT2D eigenvalue weighted by atomic mass is 79.9. The molecule has 0 aromatic heterocycles. The summed E-state index contributed by atoms with van der Waals surface area (Å²) in [6.45, 7) is 2.39. The van der Waals surface area contributed by atoms with E-state index in [1.807, 2.05) is 43.3 Å². The maximum Gasteiger partial charge on any atom is 0.276 e. The lowest BCUT2D eigenvalue weighted by atomic mass is 10.1. The van der Waals surface area contributed by atoms with Crippen LogP contribution in [0, 0.1) is 0 Å². The molecule has 2 amide bonds. The molecule has 0 radical (unpaired) electrons. The number of carbonyl (C=O) groups is 2. The summed E-state index contributed by atoms with van der Waals surface area (Å²) in [6, 6.07) is 18.4. The molecule has 0 saturated carbocycles. The van der Waals surface area contributed by atoms with Gasteiger partial charge in [0.25, 0.3) is 11.8 Å². The van der Waals surface area contributed by atoms with Crippen LogP contribution in [0.25, 0.3) is 10.8 Å². The third-order valence-electron chi connectivity index (χ3n) is 4.08. The first-order chi connectivity index (χ1) is 14.1. The van der Waals surface area contributed by atoms with Gasteiger partial charge in [-0.3, -0.25) is 20.4 Å². The van der Waals surface area contributed by atoms with Crippen LogP contribution in [0.15, 0.2) is 65.1 Å². The van der Waals surface area contributed by atoms with Crippen molar-refractivity contribution in [3.05, 3.63) is 70.7 Å². The number of hydrogen-bond donors (Lipinski definition) is 2. The Morgan fingerprint density at radius 3 is 2.52 bits per heavy atom. The molecular formula is C22H21BrN2O4. The third-order valence-corrected chi connectivity index (χ3v) is 4.70. The van der Waals surface area contributed by atoms with E-state index in [1.165, 1.54) is 0 Å². The van der Waals surface area contributed by atoms with Gasteiger partial charge in [0.05, 0.1) is 11.1 Å². The number of carbonyl (C=O) groups excluding carboxylic acids is 2. The lowest BCUT2D eigenvalue weighted by Crippen LogP contribution is -2.43. The number of hydrazine groups is 1. The molecule has 3 aromatic carbocycles. The zero-order valence-electron chi connectivity index (χ0n) is 15.9. The molecule has 0 aliphatic heterocycles. The average molecular weight is 457 g/mol. The van der Waals surface area contributed by atoms with Gasteiger partial charge in [-0.25, -0.2) is 0 Å². The summed E-state index contributed by atoms with van der Waals surface area (Å²) in [4.78, 5) is 24.3. The highest BCUT2D eigenvalue weighted by Crippen LogP contribution is 2.26.